The van der Waals surface area contributed by atoms with Crippen molar-refractivity contribution in [2.75, 3.05) is 32.8 Å². The minimum atomic E-state index is -4.84. The van der Waals surface area contributed by atoms with Crippen LogP contribution in [0.25, 0.3) is 0 Å². The van der Waals surface area contributed by atoms with Gasteiger partial charge in [-0.05, 0) is 26.7 Å². The fourth-order valence-corrected chi connectivity index (χ4v) is 2.50. The quantitative estimate of drug-likeness (QED) is 0.304. The van der Waals surface area contributed by atoms with E-state index in [0.29, 0.717) is 32.3 Å². The summed E-state index contributed by atoms with van der Waals surface area (Å²) in [5.41, 5.74) is -3.03. The van der Waals surface area contributed by atoms with E-state index in [4.69, 9.17) is 4.74 Å². The number of guanidine groups is 1. The minimum absolute atomic E-state index is 0.117. The van der Waals surface area contributed by atoms with E-state index in [1.807, 2.05) is 13.8 Å². The lowest BCUT2D eigenvalue weighted by atomic mass is 9.97. The predicted molar refractivity (Wildman–Crippen MR) is 97.5 cm³/mol. The zero-order chi connectivity index (χ0) is 20.3. The van der Waals surface area contributed by atoms with E-state index >= 15 is 0 Å². The van der Waals surface area contributed by atoms with Gasteiger partial charge in [-0.15, -0.1) is 0 Å². The first-order chi connectivity index (χ1) is 12.8. The van der Waals surface area contributed by atoms with Crippen LogP contribution in [0.15, 0.2) is 17.4 Å². The minimum Gasteiger partial charge on any atom is -0.382 e. The molecule has 1 aromatic heterocycles. The standard InChI is InChI=1S/C17H30F3N5O2/c1-4-21-15(23-9-6-7-13-27-5-2)24-10-8-16(26,17(18,19)20)14-22-11-12-25(14)3/h11-12,26H,4-10,13H2,1-3H3,(H2,21,23,24). The number of aromatic nitrogens is 2. The molecule has 0 spiro atoms. The highest BCUT2D eigenvalue weighted by atomic mass is 19.4. The van der Waals surface area contributed by atoms with Gasteiger partial charge in [0.25, 0.3) is 0 Å². The zero-order valence-corrected chi connectivity index (χ0v) is 16.1. The number of hydrogen-bond donors (Lipinski definition) is 3. The Hall–Kier alpha value is -1.81. The van der Waals surface area contributed by atoms with E-state index in [1.165, 1.54) is 24.0 Å². The number of ether oxygens (including phenoxy) is 1. The van der Waals surface area contributed by atoms with Crippen LogP contribution < -0.4 is 10.6 Å². The molecule has 1 rings (SSSR count). The van der Waals surface area contributed by atoms with E-state index in [1.54, 1.807) is 0 Å². The molecule has 0 saturated heterocycles. The molecule has 1 heterocycles. The van der Waals surface area contributed by atoms with Crippen molar-refractivity contribution in [1.29, 1.82) is 0 Å². The third-order valence-electron chi connectivity index (χ3n) is 3.95. The van der Waals surface area contributed by atoms with Crippen molar-refractivity contribution >= 4 is 5.96 Å². The summed E-state index contributed by atoms with van der Waals surface area (Å²) in [6.07, 6.45) is -1.15. The number of imidazole rings is 1. The lowest BCUT2D eigenvalue weighted by Crippen LogP contribution is -2.48. The summed E-state index contributed by atoms with van der Waals surface area (Å²) < 4.78 is 46.9. The number of rotatable bonds is 11. The Labute approximate surface area is 158 Å². The maximum atomic E-state index is 13.5. The van der Waals surface area contributed by atoms with Crippen LogP contribution >= 0.6 is 0 Å². The third kappa shape index (κ3) is 7.02. The molecule has 10 heteroatoms. The van der Waals surface area contributed by atoms with Crippen LogP contribution in [0.2, 0.25) is 0 Å². The van der Waals surface area contributed by atoms with Gasteiger partial charge in [0.2, 0.25) is 5.60 Å². The fourth-order valence-electron chi connectivity index (χ4n) is 2.50. The molecule has 27 heavy (non-hydrogen) atoms. The van der Waals surface area contributed by atoms with E-state index in [0.717, 1.165) is 12.8 Å². The molecule has 1 aromatic rings. The number of nitrogens with zero attached hydrogens (tertiary/aromatic N) is 3. The molecule has 3 N–H and O–H groups in total. The van der Waals surface area contributed by atoms with Crippen molar-refractivity contribution in [3.05, 3.63) is 18.2 Å². The largest absolute Gasteiger partial charge is 0.424 e. The maximum Gasteiger partial charge on any atom is 0.424 e. The van der Waals surface area contributed by atoms with Crippen molar-refractivity contribution in [2.24, 2.45) is 12.0 Å². The van der Waals surface area contributed by atoms with E-state index in [2.05, 4.69) is 20.6 Å². The van der Waals surface area contributed by atoms with E-state index < -0.39 is 24.0 Å². The van der Waals surface area contributed by atoms with Gasteiger partial charge in [0, 0.05) is 58.7 Å². The van der Waals surface area contributed by atoms with Gasteiger partial charge in [-0.3, -0.25) is 4.99 Å². The molecule has 0 aromatic carbocycles. The Bertz CT molecular complexity index is 577. The number of alkyl halides is 3. The Balaban J connectivity index is 2.64. The second kappa shape index (κ2) is 11.1. The normalized spacial score (nSPS) is 14.9. The van der Waals surface area contributed by atoms with Gasteiger partial charge in [0.1, 0.15) is 5.82 Å². The molecule has 0 amide bonds. The highest BCUT2D eigenvalue weighted by Gasteiger charge is 2.57. The van der Waals surface area contributed by atoms with Crippen LogP contribution in [0.1, 0.15) is 38.9 Å². The Morgan fingerprint density at radius 3 is 2.59 bits per heavy atom. The van der Waals surface area contributed by atoms with Crippen LogP contribution in [0.3, 0.4) is 0 Å². The molecule has 156 valence electrons. The predicted octanol–water partition coefficient (Wildman–Crippen LogP) is 1.93. The van der Waals surface area contributed by atoms with Gasteiger partial charge in [-0.2, -0.15) is 13.2 Å². The van der Waals surface area contributed by atoms with Crippen LogP contribution in [0.5, 0.6) is 0 Å². The smallest absolute Gasteiger partial charge is 0.382 e. The third-order valence-corrected chi connectivity index (χ3v) is 3.95. The molecule has 0 aliphatic carbocycles. The van der Waals surface area contributed by atoms with Crippen LogP contribution in [0, 0.1) is 0 Å². The number of aliphatic hydroxyl groups is 1. The number of aryl methyl sites for hydroxylation is 1. The van der Waals surface area contributed by atoms with Gasteiger partial charge < -0.3 is 25.0 Å². The number of halogens is 3. The average molecular weight is 393 g/mol. The maximum absolute atomic E-state index is 13.5. The summed E-state index contributed by atoms with van der Waals surface area (Å²) in [5.74, 6) is -0.0204. The molecule has 7 nitrogen and oxygen atoms in total. The summed E-state index contributed by atoms with van der Waals surface area (Å²) in [5, 5.41) is 16.1. The topological polar surface area (TPSA) is 83.7 Å². The Morgan fingerprint density at radius 1 is 1.30 bits per heavy atom. The van der Waals surface area contributed by atoms with Gasteiger partial charge in [-0.1, -0.05) is 0 Å². The molecule has 0 aliphatic heterocycles. The van der Waals surface area contributed by atoms with Crippen molar-refractivity contribution in [3.8, 4) is 0 Å². The average Bonchev–Trinajstić information content (AvgIpc) is 3.03. The zero-order valence-electron chi connectivity index (χ0n) is 16.1. The number of nitrogens with one attached hydrogen (secondary N) is 2. The SMILES string of the molecule is CCNC(=NCCCCOCC)NCCC(O)(c1nccn1C)C(F)(F)F. The first-order valence-corrected chi connectivity index (χ1v) is 9.13. The summed E-state index contributed by atoms with van der Waals surface area (Å²) in [7, 11) is 1.42. The lowest BCUT2D eigenvalue weighted by Gasteiger charge is -2.30. The van der Waals surface area contributed by atoms with Crippen molar-refractivity contribution in [1.82, 2.24) is 20.2 Å². The molecule has 0 radical (unpaired) electrons. The number of aliphatic imine (C=N–C) groups is 1. The van der Waals surface area contributed by atoms with Gasteiger partial charge in [0.05, 0.1) is 0 Å². The molecule has 0 aliphatic rings. The van der Waals surface area contributed by atoms with Gasteiger partial charge in [0.15, 0.2) is 5.96 Å². The number of unbranched alkanes of at least 4 members (excludes halogenated alkanes) is 1. The summed E-state index contributed by atoms with van der Waals surface area (Å²) >= 11 is 0. The van der Waals surface area contributed by atoms with Crippen molar-refractivity contribution in [2.45, 2.75) is 44.9 Å². The second-order valence-electron chi connectivity index (χ2n) is 6.06. The Kier molecular flexibility index (Phi) is 9.57. The highest BCUT2D eigenvalue weighted by Crippen LogP contribution is 2.40. The first kappa shape index (κ1) is 23.2. The molecular formula is C17H30F3N5O2. The monoisotopic (exact) mass is 393 g/mol. The van der Waals surface area contributed by atoms with Crippen molar-refractivity contribution < 1.29 is 23.0 Å². The molecule has 0 bridgehead atoms. The first-order valence-electron chi connectivity index (χ1n) is 9.13. The molecule has 1 unspecified atom stereocenters. The molecular weight excluding hydrogens is 363 g/mol. The number of hydrogen-bond acceptors (Lipinski definition) is 4. The lowest BCUT2D eigenvalue weighted by molar-refractivity contribution is -0.272. The van der Waals surface area contributed by atoms with Crippen LogP contribution in [-0.4, -0.2) is 59.6 Å². The summed E-state index contributed by atoms with van der Waals surface area (Å²) in [4.78, 5) is 8.01. The molecule has 1 atom stereocenters. The second-order valence-corrected chi connectivity index (χ2v) is 6.06. The summed E-state index contributed by atoms with van der Waals surface area (Å²) in [6.45, 7) is 6.13. The van der Waals surface area contributed by atoms with Gasteiger partial charge >= 0.3 is 6.18 Å². The Morgan fingerprint density at radius 2 is 2.04 bits per heavy atom. The summed E-state index contributed by atoms with van der Waals surface area (Å²) in [6, 6.07) is 0. The highest BCUT2D eigenvalue weighted by molar-refractivity contribution is 5.79. The molecule has 0 saturated carbocycles. The van der Waals surface area contributed by atoms with Crippen molar-refractivity contribution in [3.63, 3.8) is 0 Å². The fraction of sp³-hybridized carbons (Fsp3) is 0.765. The molecule has 0 fully saturated rings. The van der Waals surface area contributed by atoms with E-state index in [9.17, 15) is 18.3 Å². The van der Waals surface area contributed by atoms with Crippen LogP contribution in [-0.2, 0) is 17.4 Å². The van der Waals surface area contributed by atoms with Gasteiger partial charge in [-0.25, -0.2) is 4.98 Å². The van der Waals surface area contributed by atoms with Crippen LogP contribution in [0.4, 0.5) is 13.2 Å². The van der Waals surface area contributed by atoms with E-state index in [-0.39, 0.29) is 6.54 Å².